The number of hydrogen-bond acceptors (Lipinski definition) is 3. The van der Waals surface area contributed by atoms with Crippen LogP contribution in [0.1, 0.15) is 0 Å². The molecule has 0 aliphatic carbocycles. The van der Waals surface area contributed by atoms with Crippen molar-refractivity contribution < 1.29 is 17.2 Å². The fraction of sp³-hybridized carbons (Fsp3) is 0.250. The van der Waals surface area contributed by atoms with Crippen LogP contribution in [-0.4, -0.2) is 27.8 Å². The highest BCUT2D eigenvalue weighted by molar-refractivity contribution is 8.19. The number of sulfone groups is 1. The molecule has 0 aromatic carbocycles. The second-order valence-corrected chi connectivity index (χ2v) is 6.62. The van der Waals surface area contributed by atoms with E-state index in [1.165, 1.54) is 0 Å². The zero-order valence-corrected chi connectivity index (χ0v) is 7.62. The van der Waals surface area contributed by atoms with Crippen LogP contribution in [0.2, 0.25) is 0 Å². The zero-order valence-electron chi connectivity index (χ0n) is 5.23. The lowest BCUT2D eigenvalue weighted by molar-refractivity contribution is 0.575. The van der Waals surface area contributed by atoms with Crippen molar-refractivity contribution in [2.75, 3.05) is 5.75 Å². The first-order valence-electron chi connectivity index (χ1n) is 2.54. The van der Waals surface area contributed by atoms with Gasteiger partial charge in [-0.3, -0.25) is 0 Å². The lowest BCUT2D eigenvalue weighted by Gasteiger charge is -1.93. The van der Waals surface area contributed by atoms with E-state index in [1.807, 2.05) is 0 Å². The molecule has 4 nitrogen and oxygen atoms in total. The Kier molecular flexibility index (Phi) is 2.04. The maximum Gasteiger partial charge on any atom is 0.176 e. The largest absolute Gasteiger partial charge is 0.302 e. The van der Waals surface area contributed by atoms with E-state index in [2.05, 4.69) is 0 Å². The minimum Gasteiger partial charge on any atom is -0.302 e. The molecule has 0 saturated heterocycles. The monoisotopic (exact) mass is 216 g/mol. The van der Waals surface area contributed by atoms with Crippen molar-refractivity contribution in [2.24, 2.45) is 0 Å². The van der Waals surface area contributed by atoms with Gasteiger partial charge in [-0.05, 0) is 6.08 Å². The molecule has 1 N–H and O–H groups in total. The molecule has 0 fully saturated rings. The lowest BCUT2D eigenvalue weighted by Crippen LogP contribution is -2.10. The predicted molar refractivity (Wildman–Crippen MR) is 44.6 cm³/mol. The molecule has 11 heavy (non-hydrogen) atoms. The van der Waals surface area contributed by atoms with Crippen LogP contribution in [0.5, 0.6) is 0 Å². The molecule has 1 aliphatic rings. The summed E-state index contributed by atoms with van der Waals surface area (Å²) in [5.74, 6) is -0.453. The molecule has 0 spiro atoms. The van der Waals surface area contributed by atoms with E-state index in [4.69, 9.17) is 15.2 Å². The van der Waals surface area contributed by atoms with Gasteiger partial charge >= 0.3 is 0 Å². The maximum atomic E-state index is 10.7. The first-order chi connectivity index (χ1) is 4.81. The first-order valence-corrected chi connectivity index (χ1v) is 6.60. The summed E-state index contributed by atoms with van der Waals surface area (Å²) < 4.78 is 40.7. The van der Waals surface area contributed by atoms with Gasteiger partial charge in [0.2, 0.25) is 0 Å². The van der Waals surface area contributed by atoms with E-state index in [1.54, 1.807) is 0 Å². The molecule has 7 heteroatoms. The van der Waals surface area contributed by atoms with Gasteiger partial charge < -0.3 is 4.55 Å². The van der Waals surface area contributed by atoms with Gasteiger partial charge in [0.05, 0.1) is 10.6 Å². The standard InChI is InChI=1S/C4H5ClO4S2/c5-11(8,9)4-1-2-10(6,7)3-4/h1-2H,3H2,(H,8,9). The predicted octanol–water partition coefficient (Wildman–Crippen LogP) is 0.0121. The Morgan fingerprint density at radius 2 is 2.18 bits per heavy atom. The van der Waals surface area contributed by atoms with E-state index < -0.39 is 24.6 Å². The van der Waals surface area contributed by atoms with Crippen molar-refractivity contribution >= 4 is 34.4 Å². The second-order valence-electron chi connectivity index (χ2n) is 2.03. The highest BCUT2D eigenvalue weighted by Crippen LogP contribution is 2.09. The smallest absolute Gasteiger partial charge is 0.176 e. The third-order valence-electron chi connectivity index (χ3n) is 1.13. The molecule has 0 amide bonds. The van der Waals surface area contributed by atoms with Gasteiger partial charge in [0, 0.05) is 16.1 Å². The van der Waals surface area contributed by atoms with Crippen LogP contribution in [0.15, 0.2) is 11.5 Å². The van der Waals surface area contributed by atoms with E-state index in [0.29, 0.717) is 0 Å². The van der Waals surface area contributed by atoms with E-state index in [9.17, 15) is 12.6 Å². The van der Waals surface area contributed by atoms with Crippen molar-refractivity contribution in [3.63, 3.8) is 0 Å². The summed E-state index contributed by atoms with van der Waals surface area (Å²) in [6, 6.07) is 0. The summed E-state index contributed by atoms with van der Waals surface area (Å²) >= 11 is 0. The fourth-order valence-electron chi connectivity index (χ4n) is 0.631. The van der Waals surface area contributed by atoms with Crippen LogP contribution in [0.3, 0.4) is 0 Å². The van der Waals surface area contributed by atoms with Crippen LogP contribution < -0.4 is 0 Å². The van der Waals surface area contributed by atoms with Gasteiger partial charge in [0.15, 0.2) is 18.9 Å². The van der Waals surface area contributed by atoms with Crippen LogP contribution in [0, 0.1) is 0 Å². The van der Waals surface area contributed by atoms with Crippen molar-refractivity contribution in [3.05, 3.63) is 11.5 Å². The van der Waals surface area contributed by atoms with Crippen molar-refractivity contribution in [3.8, 4) is 0 Å². The molecular formula is C4H5ClO4S2. The number of halogens is 1. The number of rotatable bonds is 0. The molecule has 1 unspecified atom stereocenters. The fourth-order valence-corrected chi connectivity index (χ4v) is 3.54. The van der Waals surface area contributed by atoms with Crippen LogP contribution in [0.25, 0.3) is 0 Å². The Labute approximate surface area is 69.1 Å². The van der Waals surface area contributed by atoms with Gasteiger partial charge in [0.1, 0.15) is 0 Å². The summed E-state index contributed by atoms with van der Waals surface area (Å²) in [4.78, 5) is -0.154. The molecule has 1 atom stereocenters. The van der Waals surface area contributed by atoms with E-state index >= 15 is 0 Å². The quantitative estimate of drug-likeness (QED) is 0.458. The average molecular weight is 217 g/mol. The molecule has 0 saturated carbocycles. The Morgan fingerprint density at radius 1 is 1.64 bits per heavy atom. The molecule has 64 valence electrons. The third-order valence-corrected chi connectivity index (χ3v) is 4.10. The van der Waals surface area contributed by atoms with Gasteiger partial charge in [-0.1, -0.05) is 0 Å². The summed E-state index contributed by atoms with van der Waals surface area (Å²) in [6.45, 7) is 0. The summed E-state index contributed by atoms with van der Waals surface area (Å²) in [5, 5.41) is 0.876. The first kappa shape index (κ1) is 9.05. The zero-order chi connectivity index (χ0) is 8.70. The van der Waals surface area contributed by atoms with Gasteiger partial charge in [-0.15, -0.1) is 0 Å². The van der Waals surface area contributed by atoms with Gasteiger partial charge in [-0.2, -0.15) is 0 Å². The Bertz CT molecular complexity index is 401. The molecule has 1 heterocycles. The van der Waals surface area contributed by atoms with Gasteiger partial charge in [0.25, 0.3) is 0 Å². The minimum absolute atomic E-state index is 0.154. The molecule has 1 rings (SSSR count). The molecule has 0 bridgehead atoms. The Balaban J connectivity index is 3.28. The summed E-state index contributed by atoms with van der Waals surface area (Å²) in [5.41, 5.74) is 0. The van der Waals surface area contributed by atoms with Crippen LogP contribution in [-0.2, 0) is 18.9 Å². The molecule has 0 aromatic heterocycles. The maximum absolute atomic E-state index is 10.7. The minimum atomic E-state index is -3.60. The molecule has 0 aromatic rings. The van der Waals surface area contributed by atoms with Crippen molar-refractivity contribution in [1.29, 1.82) is 0 Å². The van der Waals surface area contributed by atoms with Crippen molar-refractivity contribution in [2.45, 2.75) is 0 Å². The summed E-state index contributed by atoms with van der Waals surface area (Å²) in [7, 11) is -1.92. The van der Waals surface area contributed by atoms with E-state index in [-0.39, 0.29) is 4.86 Å². The van der Waals surface area contributed by atoms with Gasteiger partial charge in [-0.25, -0.2) is 12.6 Å². The normalized spacial score (nSPS) is 26.9. The summed E-state index contributed by atoms with van der Waals surface area (Å²) in [6.07, 6.45) is 1.06. The second kappa shape index (κ2) is 2.48. The lowest BCUT2D eigenvalue weighted by atomic mass is 10.5. The SMILES string of the molecule is O=S1(=O)C=CC(=S(=O)(O)Cl)C1. The molecular weight excluding hydrogens is 212 g/mol. The van der Waals surface area contributed by atoms with E-state index in [0.717, 1.165) is 11.5 Å². The highest BCUT2D eigenvalue weighted by Gasteiger charge is 2.21. The topological polar surface area (TPSA) is 71.4 Å². The molecule has 0 radical (unpaired) electrons. The average Bonchev–Trinajstić information content (AvgIpc) is 2.07. The highest BCUT2D eigenvalue weighted by atomic mass is 35.7. The van der Waals surface area contributed by atoms with Crippen LogP contribution in [0.4, 0.5) is 0 Å². The van der Waals surface area contributed by atoms with Crippen LogP contribution >= 0.6 is 10.7 Å². The third kappa shape index (κ3) is 2.19. The van der Waals surface area contributed by atoms with Crippen molar-refractivity contribution in [1.82, 2.24) is 0 Å². The number of hydrogen-bond donors (Lipinski definition) is 1. The Morgan fingerprint density at radius 3 is 2.36 bits per heavy atom. The molecule has 1 aliphatic heterocycles. The number of allylic oxidation sites excluding steroid dienone is 1. The Hall–Kier alpha value is -0.0400.